The van der Waals surface area contributed by atoms with Crippen molar-refractivity contribution in [2.45, 2.75) is 39.0 Å². The average molecular weight is 366 g/mol. The van der Waals surface area contributed by atoms with Gasteiger partial charge in [0.2, 0.25) is 10.0 Å². The highest BCUT2D eigenvalue weighted by atomic mass is 32.2. The van der Waals surface area contributed by atoms with E-state index in [1.807, 2.05) is 25.1 Å². The zero-order valence-corrected chi connectivity index (χ0v) is 16.2. The van der Waals surface area contributed by atoms with Crippen LogP contribution in [-0.4, -0.2) is 58.3 Å². The summed E-state index contributed by atoms with van der Waals surface area (Å²) < 4.78 is 27.1. The zero-order valence-electron chi connectivity index (χ0n) is 15.4. The van der Waals surface area contributed by atoms with E-state index < -0.39 is 10.0 Å². The Morgan fingerprint density at radius 1 is 0.920 bits per heavy atom. The number of benzene rings is 1. The highest BCUT2D eigenvalue weighted by molar-refractivity contribution is 7.92. The van der Waals surface area contributed by atoms with E-state index >= 15 is 0 Å². The Labute approximate surface area is 152 Å². The van der Waals surface area contributed by atoms with Crippen LogP contribution in [0.3, 0.4) is 0 Å². The molecule has 1 aromatic carbocycles. The highest BCUT2D eigenvalue weighted by Gasteiger charge is 2.30. The summed E-state index contributed by atoms with van der Waals surface area (Å²) in [5.41, 5.74) is 1.91. The van der Waals surface area contributed by atoms with Crippen molar-refractivity contribution >= 4 is 21.4 Å². The van der Waals surface area contributed by atoms with Crippen molar-refractivity contribution in [1.29, 1.82) is 0 Å². The molecule has 6 heteroatoms. The first-order valence-electron chi connectivity index (χ1n) is 9.68. The summed E-state index contributed by atoms with van der Waals surface area (Å²) in [6.07, 6.45) is 5.59. The zero-order chi connectivity index (χ0) is 17.7. The van der Waals surface area contributed by atoms with E-state index in [0.717, 1.165) is 43.9 Å². The van der Waals surface area contributed by atoms with E-state index in [-0.39, 0.29) is 5.75 Å². The summed E-state index contributed by atoms with van der Waals surface area (Å²) in [6.45, 7) is 7.80. The van der Waals surface area contributed by atoms with E-state index in [1.165, 1.54) is 32.4 Å². The smallest absolute Gasteiger partial charge is 0.235 e. The molecule has 0 aromatic heterocycles. The number of fused-ring (bicyclic) bond motifs is 1. The molecule has 5 nitrogen and oxygen atoms in total. The average Bonchev–Trinajstić information content (AvgIpc) is 2.65. The monoisotopic (exact) mass is 365 g/mol. The van der Waals surface area contributed by atoms with Gasteiger partial charge in [0.1, 0.15) is 0 Å². The molecule has 2 aliphatic heterocycles. The second-order valence-electron chi connectivity index (χ2n) is 7.12. The first kappa shape index (κ1) is 18.5. The molecule has 2 aliphatic rings. The number of hydrogen-bond acceptors (Lipinski definition) is 4. The molecule has 0 unspecified atom stereocenters. The standard InChI is InChI=1S/C19H31N3O2S/c1-2-3-17-25(23,24)22-16-15-21(18-9-5-6-10-19(18)22)14-13-20-11-7-4-8-12-20/h5-6,9-10H,2-4,7-8,11-17H2,1H3. The minimum atomic E-state index is -3.22. The fraction of sp³-hybridized carbons (Fsp3) is 0.684. The van der Waals surface area contributed by atoms with E-state index in [0.29, 0.717) is 6.54 Å². The maximum Gasteiger partial charge on any atom is 0.235 e. The molecule has 3 rings (SSSR count). The lowest BCUT2D eigenvalue weighted by atomic mass is 10.1. The third kappa shape index (κ3) is 4.47. The van der Waals surface area contributed by atoms with Gasteiger partial charge in [-0.15, -0.1) is 0 Å². The number of sulfonamides is 1. The predicted octanol–water partition coefficient (Wildman–Crippen LogP) is 2.93. The van der Waals surface area contributed by atoms with Gasteiger partial charge in [-0.1, -0.05) is 31.9 Å². The van der Waals surface area contributed by atoms with E-state index in [9.17, 15) is 8.42 Å². The second-order valence-corrected chi connectivity index (χ2v) is 9.13. The van der Waals surface area contributed by atoms with Gasteiger partial charge in [-0.25, -0.2) is 8.42 Å². The number of rotatable bonds is 7. The van der Waals surface area contributed by atoms with Gasteiger partial charge in [0.25, 0.3) is 0 Å². The maximum absolute atomic E-state index is 12.7. The van der Waals surface area contributed by atoms with Gasteiger partial charge in [-0.3, -0.25) is 4.31 Å². The lowest BCUT2D eigenvalue weighted by Gasteiger charge is -2.39. The molecule has 0 N–H and O–H groups in total. The van der Waals surface area contributed by atoms with Crippen LogP contribution in [-0.2, 0) is 10.0 Å². The van der Waals surface area contributed by atoms with E-state index in [2.05, 4.69) is 15.9 Å². The third-order valence-electron chi connectivity index (χ3n) is 5.29. The quantitative estimate of drug-likeness (QED) is 0.745. The van der Waals surface area contributed by atoms with Crippen molar-refractivity contribution in [1.82, 2.24) is 4.90 Å². The fourth-order valence-electron chi connectivity index (χ4n) is 3.80. The molecule has 0 bridgehead atoms. The van der Waals surface area contributed by atoms with Crippen LogP contribution in [0.1, 0.15) is 39.0 Å². The lowest BCUT2D eigenvalue weighted by molar-refractivity contribution is 0.233. The van der Waals surface area contributed by atoms with Crippen LogP contribution in [0.5, 0.6) is 0 Å². The number of hydrogen-bond donors (Lipinski definition) is 0. The van der Waals surface area contributed by atoms with Gasteiger partial charge in [0.15, 0.2) is 0 Å². The van der Waals surface area contributed by atoms with Crippen molar-refractivity contribution in [3.05, 3.63) is 24.3 Å². The summed E-state index contributed by atoms with van der Waals surface area (Å²) >= 11 is 0. The van der Waals surface area contributed by atoms with Gasteiger partial charge < -0.3 is 9.80 Å². The van der Waals surface area contributed by atoms with Gasteiger partial charge in [-0.05, 0) is 44.5 Å². The number of para-hydroxylation sites is 2. The Hall–Kier alpha value is -1.27. The number of likely N-dealkylation sites (tertiary alicyclic amines) is 1. The van der Waals surface area contributed by atoms with Crippen LogP contribution in [0, 0.1) is 0 Å². The second kappa shape index (κ2) is 8.41. The van der Waals surface area contributed by atoms with Crippen LogP contribution in [0.2, 0.25) is 0 Å². The molecule has 140 valence electrons. The third-order valence-corrected chi connectivity index (χ3v) is 7.15. The molecule has 1 fully saturated rings. The number of anilines is 2. The minimum Gasteiger partial charge on any atom is -0.367 e. The molecular formula is C19H31N3O2S. The molecule has 0 amide bonds. The van der Waals surface area contributed by atoms with Gasteiger partial charge in [-0.2, -0.15) is 0 Å². The molecule has 1 saturated heterocycles. The number of nitrogens with zero attached hydrogens (tertiary/aromatic N) is 3. The predicted molar refractivity (Wildman–Crippen MR) is 105 cm³/mol. The Balaban J connectivity index is 1.72. The summed E-state index contributed by atoms with van der Waals surface area (Å²) in [5.74, 6) is 0.242. The molecular weight excluding hydrogens is 334 g/mol. The summed E-state index contributed by atoms with van der Waals surface area (Å²) in [5, 5.41) is 0. The van der Waals surface area contributed by atoms with Crippen LogP contribution in [0.4, 0.5) is 11.4 Å². The molecule has 0 aliphatic carbocycles. The molecule has 25 heavy (non-hydrogen) atoms. The van der Waals surface area contributed by atoms with E-state index in [1.54, 1.807) is 4.31 Å². The lowest BCUT2D eigenvalue weighted by Crippen LogP contribution is -2.47. The number of piperidine rings is 1. The Morgan fingerprint density at radius 3 is 2.36 bits per heavy atom. The largest absolute Gasteiger partial charge is 0.367 e. The van der Waals surface area contributed by atoms with Crippen molar-refractivity contribution < 1.29 is 8.42 Å². The Bertz CT molecular complexity index is 656. The van der Waals surface area contributed by atoms with Crippen LogP contribution < -0.4 is 9.21 Å². The highest BCUT2D eigenvalue weighted by Crippen LogP contribution is 2.34. The Morgan fingerprint density at radius 2 is 1.64 bits per heavy atom. The van der Waals surface area contributed by atoms with Crippen molar-refractivity contribution in [3.8, 4) is 0 Å². The van der Waals surface area contributed by atoms with Crippen molar-refractivity contribution in [2.75, 3.05) is 54.2 Å². The van der Waals surface area contributed by atoms with Crippen molar-refractivity contribution in [2.24, 2.45) is 0 Å². The molecule has 1 aromatic rings. The SMILES string of the molecule is CCCCS(=O)(=O)N1CCN(CCN2CCCCC2)c2ccccc21. The summed E-state index contributed by atoms with van der Waals surface area (Å²) in [4.78, 5) is 4.90. The molecule has 0 spiro atoms. The van der Waals surface area contributed by atoms with E-state index in [4.69, 9.17) is 0 Å². The van der Waals surface area contributed by atoms with Gasteiger partial charge in [0, 0.05) is 19.6 Å². The molecule has 0 radical (unpaired) electrons. The molecule has 0 atom stereocenters. The Kier molecular flexibility index (Phi) is 6.23. The summed E-state index contributed by atoms with van der Waals surface area (Å²) in [7, 11) is -3.22. The van der Waals surface area contributed by atoms with Crippen molar-refractivity contribution in [3.63, 3.8) is 0 Å². The van der Waals surface area contributed by atoms with Gasteiger partial charge >= 0.3 is 0 Å². The van der Waals surface area contributed by atoms with Crippen LogP contribution in [0.15, 0.2) is 24.3 Å². The van der Waals surface area contributed by atoms with Crippen LogP contribution >= 0.6 is 0 Å². The maximum atomic E-state index is 12.7. The first-order valence-corrected chi connectivity index (χ1v) is 11.3. The first-order chi connectivity index (χ1) is 12.1. The molecule has 2 heterocycles. The topological polar surface area (TPSA) is 43.9 Å². The fourth-order valence-corrected chi connectivity index (χ4v) is 5.49. The van der Waals surface area contributed by atoms with Gasteiger partial charge in [0.05, 0.1) is 23.7 Å². The van der Waals surface area contributed by atoms with Crippen LogP contribution in [0.25, 0.3) is 0 Å². The number of unbranched alkanes of at least 4 members (excludes halogenated alkanes) is 1. The summed E-state index contributed by atoms with van der Waals surface area (Å²) in [6, 6.07) is 7.96. The molecule has 0 saturated carbocycles. The minimum absolute atomic E-state index is 0.242. The normalized spacial score (nSPS) is 19.1.